The smallest absolute Gasteiger partial charge is 0.0911 e. The van der Waals surface area contributed by atoms with E-state index in [4.69, 9.17) is 9.47 Å². The molecule has 1 atom stereocenters. The van der Waals surface area contributed by atoms with Gasteiger partial charge >= 0.3 is 0 Å². The van der Waals surface area contributed by atoms with Crippen LogP contribution in [0.5, 0.6) is 0 Å². The van der Waals surface area contributed by atoms with Crippen LogP contribution in [-0.2, 0) is 9.47 Å². The Hall–Kier alpha value is -0.200. The first-order valence-electron chi connectivity index (χ1n) is 6.15. The zero-order valence-electron chi connectivity index (χ0n) is 10.2. The highest BCUT2D eigenvalue weighted by Crippen LogP contribution is 1.94. The third kappa shape index (κ3) is 6.40. The molecule has 16 heavy (non-hydrogen) atoms. The number of aliphatic hydroxyl groups excluding tert-OH is 1. The molecule has 0 amide bonds. The van der Waals surface area contributed by atoms with Crippen LogP contribution in [0.15, 0.2) is 0 Å². The summed E-state index contributed by atoms with van der Waals surface area (Å²) in [6.07, 6.45) is 1.76. The van der Waals surface area contributed by atoms with Gasteiger partial charge in [0.2, 0.25) is 0 Å². The van der Waals surface area contributed by atoms with Crippen LogP contribution in [0.2, 0.25) is 0 Å². The second kappa shape index (κ2) is 8.90. The molecule has 5 heteroatoms. The molecule has 2 N–H and O–H groups in total. The molecule has 0 saturated carbocycles. The number of unbranched alkanes of at least 4 members (excludes halogenated alkanes) is 1. The van der Waals surface area contributed by atoms with Gasteiger partial charge < -0.3 is 14.6 Å². The number of hydrazine groups is 1. The fraction of sp³-hybridized carbons (Fsp3) is 1.00. The number of ether oxygens (including phenoxy) is 2. The van der Waals surface area contributed by atoms with Crippen molar-refractivity contribution in [2.75, 3.05) is 46.1 Å². The molecule has 1 heterocycles. The summed E-state index contributed by atoms with van der Waals surface area (Å²) in [6.45, 7) is 7.10. The number of hydrogen-bond acceptors (Lipinski definition) is 5. The van der Waals surface area contributed by atoms with E-state index in [0.717, 1.165) is 45.8 Å². The average molecular weight is 232 g/mol. The highest BCUT2D eigenvalue weighted by atomic mass is 16.5. The molecule has 1 aliphatic heterocycles. The van der Waals surface area contributed by atoms with E-state index >= 15 is 0 Å². The van der Waals surface area contributed by atoms with E-state index in [9.17, 15) is 5.11 Å². The Bertz CT molecular complexity index is 163. The summed E-state index contributed by atoms with van der Waals surface area (Å²) in [5, 5.41) is 11.7. The molecule has 96 valence electrons. The van der Waals surface area contributed by atoms with Crippen LogP contribution in [-0.4, -0.2) is 62.3 Å². The molecule has 1 unspecified atom stereocenters. The van der Waals surface area contributed by atoms with E-state index < -0.39 is 6.10 Å². The molecule has 1 aliphatic rings. The molecule has 0 aromatic heterocycles. The first kappa shape index (κ1) is 13.9. The van der Waals surface area contributed by atoms with Gasteiger partial charge in [-0.25, -0.2) is 5.01 Å². The molecule has 0 aliphatic carbocycles. The Balaban J connectivity index is 1.94. The number of nitrogens with zero attached hydrogens (tertiary/aromatic N) is 1. The summed E-state index contributed by atoms with van der Waals surface area (Å²) in [7, 11) is 0. The minimum Gasteiger partial charge on any atom is -0.389 e. The molecule has 0 spiro atoms. The summed E-state index contributed by atoms with van der Waals surface area (Å²) >= 11 is 0. The fourth-order valence-corrected chi connectivity index (χ4v) is 1.48. The number of rotatable bonds is 8. The summed E-state index contributed by atoms with van der Waals surface area (Å²) in [4.78, 5) is 0. The van der Waals surface area contributed by atoms with Crippen LogP contribution in [0.4, 0.5) is 0 Å². The number of nitrogens with one attached hydrogen (secondary N) is 1. The molecule has 1 fully saturated rings. The largest absolute Gasteiger partial charge is 0.389 e. The van der Waals surface area contributed by atoms with Crippen molar-refractivity contribution in [3.8, 4) is 0 Å². The van der Waals surface area contributed by atoms with Gasteiger partial charge in [0.05, 0.1) is 25.9 Å². The van der Waals surface area contributed by atoms with E-state index in [1.165, 1.54) is 0 Å². The van der Waals surface area contributed by atoms with Crippen molar-refractivity contribution < 1.29 is 14.6 Å². The fourth-order valence-electron chi connectivity index (χ4n) is 1.48. The van der Waals surface area contributed by atoms with Crippen molar-refractivity contribution in [2.45, 2.75) is 25.9 Å². The quantitative estimate of drug-likeness (QED) is 0.577. The van der Waals surface area contributed by atoms with Crippen molar-refractivity contribution in [3.05, 3.63) is 0 Å². The predicted octanol–water partition coefficient (Wildman–Crippen LogP) is 0.000800. The number of aliphatic hydroxyl groups is 1. The Morgan fingerprint density at radius 1 is 1.44 bits per heavy atom. The second-order valence-corrected chi connectivity index (χ2v) is 4.04. The van der Waals surface area contributed by atoms with E-state index in [1.54, 1.807) is 0 Å². The first-order valence-corrected chi connectivity index (χ1v) is 6.15. The van der Waals surface area contributed by atoms with E-state index in [1.807, 2.05) is 0 Å². The monoisotopic (exact) mass is 232 g/mol. The summed E-state index contributed by atoms with van der Waals surface area (Å²) in [6, 6.07) is 0. The average Bonchev–Trinajstić information content (AvgIpc) is 2.33. The van der Waals surface area contributed by atoms with Gasteiger partial charge in [-0.15, -0.1) is 0 Å². The maximum Gasteiger partial charge on any atom is 0.0911 e. The van der Waals surface area contributed by atoms with Crippen molar-refractivity contribution in [2.24, 2.45) is 0 Å². The highest BCUT2D eigenvalue weighted by Gasteiger charge is 2.11. The Labute approximate surface area is 97.7 Å². The maximum atomic E-state index is 9.63. The van der Waals surface area contributed by atoms with Gasteiger partial charge in [-0.2, -0.15) is 0 Å². The highest BCUT2D eigenvalue weighted by molar-refractivity contribution is 4.61. The molecule has 0 aromatic carbocycles. The van der Waals surface area contributed by atoms with Crippen molar-refractivity contribution in [1.29, 1.82) is 0 Å². The summed E-state index contributed by atoms with van der Waals surface area (Å²) in [5.41, 5.74) is 3.19. The minimum atomic E-state index is -0.431. The van der Waals surface area contributed by atoms with Gasteiger partial charge in [-0.05, 0) is 6.42 Å². The predicted molar refractivity (Wildman–Crippen MR) is 62.1 cm³/mol. The lowest BCUT2D eigenvalue weighted by Gasteiger charge is -2.28. The third-order valence-corrected chi connectivity index (χ3v) is 2.51. The summed E-state index contributed by atoms with van der Waals surface area (Å²) in [5.74, 6) is 0. The molecule has 0 radical (unpaired) electrons. The minimum absolute atomic E-state index is 0.414. The molecular formula is C11H24N2O3. The van der Waals surface area contributed by atoms with E-state index in [0.29, 0.717) is 13.2 Å². The van der Waals surface area contributed by atoms with Crippen molar-refractivity contribution in [3.63, 3.8) is 0 Å². The normalized spacial score (nSPS) is 19.9. The molecule has 0 aromatic rings. The second-order valence-electron chi connectivity index (χ2n) is 4.04. The van der Waals surface area contributed by atoms with Crippen LogP contribution >= 0.6 is 0 Å². The molecule has 5 nitrogen and oxygen atoms in total. The lowest BCUT2D eigenvalue weighted by molar-refractivity contribution is -0.0109. The number of morpholine rings is 1. The van der Waals surface area contributed by atoms with Crippen LogP contribution in [0.25, 0.3) is 0 Å². The Morgan fingerprint density at radius 2 is 2.19 bits per heavy atom. The van der Waals surface area contributed by atoms with Crippen LogP contribution in [0.3, 0.4) is 0 Å². The molecular weight excluding hydrogens is 208 g/mol. The van der Waals surface area contributed by atoms with Gasteiger partial charge in [-0.3, -0.25) is 5.43 Å². The number of hydrogen-bond donors (Lipinski definition) is 2. The van der Waals surface area contributed by atoms with Crippen LogP contribution in [0.1, 0.15) is 19.8 Å². The SMILES string of the molecule is CCCCOCC(O)CNN1CCOCC1. The van der Waals surface area contributed by atoms with Gasteiger partial charge in [0, 0.05) is 26.2 Å². The van der Waals surface area contributed by atoms with Crippen LogP contribution < -0.4 is 5.43 Å². The first-order chi connectivity index (χ1) is 7.83. The van der Waals surface area contributed by atoms with E-state index in [2.05, 4.69) is 17.4 Å². The van der Waals surface area contributed by atoms with Crippen molar-refractivity contribution in [1.82, 2.24) is 10.4 Å². The van der Waals surface area contributed by atoms with Crippen LogP contribution in [0, 0.1) is 0 Å². The Kier molecular flexibility index (Phi) is 7.71. The standard InChI is InChI=1S/C11H24N2O3/c1-2-3-6-16-10-11(14)9-12-13-4-7-15-8-5-13/h11-12,14H,2-10H2,1H3. The van der Waals surface area contributed by atoms with Gasteiger partial charge in [0.1, 0.15) is 0 Å². The van der Waals surface area contributed by atoms with Gasteiger partial charge in [0.25, 0.3) is 0 Å². The maximum absolute atomic E-state index is 9.63. The lowest BCUT2D eigenvalue weighted by Crippen LogP contribution is -2.48. The molecule has 1 rings (SSSR count). The lowest BCUT2D eigenvalue weighted by atomic mass is 10.3. The third-order valence-electron chi connectivity index (χ3n) is 2.51. The zero-order valence-corrected chi connectivity index (χ0v) is 10.2. The Morgan fingerprint density at radius 3 is 2.88 bits per heavy atom. The topological polar surface area (TPSA) is 54.0 Å². The zero-order chi connectivity index (χ0) is 11.6. The summed E-state index contributed by atoms with van der Waals surface area (Å²) < 4.78 is 10.6. The van der Waals surface area contributed by atoms with Gasteiger partial charge in [-0.1, -0.05) is 13.3 Å². The molecule has 1 saturated heterocycles. The van der Waals surface area contributed by atoms with Gasteiger partial charge in [0.15, 0.2) is 0 Å². The van der Waals surface area contributed by atoms with E-state index in [-0.39, 0.29) is 0 Å². The molecule has 0 bridgehead atoms. The van der Waals surface area contributed by atoms with Crippen molar-refractivity contribution >= 4 is 0 Å².